The molecule has 0 unspecified atom stereocenters. The summed E-state index contributed by atoms with van der Waals surface area (Å²) in [6.45, 7) is 2.22. The van der Waals surface area contributed by atoms with E-state index >= 15 is 0 Å². The highest BCUT2D eigenvalue weighted by molar-refractivity contribution is 5.97. The summed E-state index contributed by atoms with van der Waals surface area (Å²) in [5.74, 6) is -1.25. The van der Waals surface area contributed by atoms with Crippen LogP contribution in [0.15, 0.2) is 18.2 Å². The molecule has 0 aromatic heterocycles. The quantitative estimate of drug-likeness (QED) is 0.857. The number of rotatable bonds is 3. The van der Waals surface area contributed by atoms with E-state index in [0.717, 1.165) is 6.07 Å². The minimum atomic E-state index is -0.620. The Balaban J connectivity index is 1.72. The Morgan fingerprint density at radius 3 is 2.72 bits per heavy atom. The van der Waals surface area contributed by atoms with Crippen molar-refractivity contribution in [2.45, 2.75) is 25.4 Å². The van der Waals surface area contributed by atoms with Gasteiger partial charge in [-0.2, -0.15) is 0 Å². The first-order chi connectivity index (χ1) is 11.9. The molecule has 8 heteroatoms. The fraction of sp³-hybridized carbons (Fsp3) is 0.471. The average Bonchev–Trinajstić information content (AvgIpc) is 2.96. The summed E-state index contributed by atoms with van der Waals surface area (Å²) < 4.78 is 18.7. The number of halogens is 1. The Hall–Kier alpha value is -2.64. The molecule has 1 aromatic carbocycles. The molecule has 2 saturated heterocycles. The molecule has 2 aliphatic rings. The predicted molar refractivity (Wildman–Crippen MR) is 86.6 cm³/mol. The third-order valence-electron chi connectivity index (χ3n) is 4.59. The fourth-order valence-corrected chi connectivity index (χ4v) is 3.50. The zero-order valence-electron chi connectivity index (χ0n) is 14.1. The van der Waals surface area contributed by atoms with E-state index < -0.39 is 11.7 Å². The molecular weight excluding hydrogens is 329 g/mol. The molecule has 2 heterocycles. The molecule has 0 saturated carbocycles. The van der Waals surface area contributed by atoms with E-state index in [0.29, 0.717) is 19.5 Å². The van der Waals surface area contributed by atoms with Crippen molar-refractivity contribution in [1.29, 1.82) is 0 Å². The Bertz CT molecular complexity index is 724. The van der Waals surface area contributed by atoms with Gasteiger partial charge >= 0.3 is 0 Å². The summed E-state index contributed by atoms with van der Waals surface area (Å²) in [7, 11) is 1.35. The number of hydrogen-bond acceptors (Lipinski definition) is 4. The predicted octanol–water partition coefficient (Wildman–Crippen LogP) is 0.396. The second-order valence-electron chi connectivity index (χ2n) is 6.37. The Morgan fingerprint density at radius 2 is 2.08 bits per heavy atom. The van der Waals surface area contributed by atoms with E-state index in [2.05, 4.69) is 5.32 Å². The van der Waals surface area contributed by atoms with Crippen molar-refractivity contribution in [3.63, 3.8) is 0 Å². The molecule has 0 radical (unpaired) electrons. The number of nitrogens with zero attached hydrogens (tertiary/aromatic N) is 2. The van der Waals surface area contributed by atoms with E-state index in [9.17, 15) is 18.8 Å². The van der Waals surface area contributed by atoms with E-state index in [1.165, 1.54) is 31.1 Å². The van der Waals surface area contributed by atoms with Gasteiger partial charge in [-0.05, 0) is 24.6 Å². The lowest BCUT2D eigenvalue weighted by Crippen LogP contribution is -2.55. The molecule has 2 atom stereocenters. The normalized spacial score (nSPS) is 22.6. The number of benzene rings is 1. The van der Waals surface area contributed by atoms with Crippen LogP contribution in [0, 0.1) is 5.82 Å². The van der Waals surface area contributed by atoms with Crippen LogP contribution < -0.4 is 10.1 Å². The maximum atomic E-state index is 13.8. The molecule has 7 nitrogen and oxygen atoms in total. The molecule has 1 aromatic rings. The minimum Gasteiger partial charge on any atom is -0.494 e. The number of piperazine rings is 1. The van der Waals surface area contributed by atoms with Gasteiger partial charge in [0.15, 0.2) is 11.6 Å². The van der Waals surface area contributed by atoms with Crippen LogP contribution in [0.4, 0.5) is 4.39 Å². The van der Waals surface area contributed by atoms with Crippen LogP contribution in [0.25, 0.3) is 0 Å². The van der Waals surface area contributed by atoms with Crippen molar-refractivity contribution >= 4 is 17.7 Å². The van der Waals surface area contributed by atoms with Crippen molar-refractivity contribution in [2.24, 2.45) is 0 Å². The fourth-order valence-electron chi connectivity index (χ4n) is 3.50. The maximum absolute atomic E-state index is 13.8. The molecule has 1 N–H and O–H groups in total. The molecule has 2 fully saturated rings. The highest BCUT2D eigenvalue weighted by atomic mass is 19.1. The van der Waals surface area contributed by atoms with Crippen molar-refractivity contribution in [3.05, 3.63) is 29.6 Å². The van der Waals surface area contributed by atoms with Crippen LogP contribution in [0.1, 0.15) is 23.7 Å². The van der Waals surface area contributed by atoms with Gasteiger partial charge in [0.05, 0.1) is 13.2 Å². The van der Waals surface area contributed by atoms with Crippen LogP contribution in [-0.2, 0) is 9.59 Å². The van der Waals surface area contributed by atoms with Crippen LogP contribution in [0.5, 0.6) is 5.75 Å². The first-order valence-electron chi connectivity index (χ1n) is 8.08. The third kappa shape index (κ3) is 3.42. The first-order valence-corrected chi connectivity index (χ1v) is 8.08. The summed E-state index contributed by atoms with van der Waals surface area (Å²) in [4.78, 5) is 39.3. The molecule has 0 bridgehead atoms. The molecule has 3 amide bonds. The Kier molecular flexibility index (Phi) is 4.61. The van der Waals surface area contributed by atoms with Gasteiger partial charge in [-0.25, -0.2) is 4.39 Å². The minimum absolute atomic E-state index is 0.0459. The van der Waals surface area contributed by atoms with Gasteiger partial charge in [-0.3, -0.25) is 14.4 Å². The van der Waals surface area contributed by atoms with E-state index in [4.69, 9.17) is 4.74 Å². The molecule has 0 aliphatic carbocycles. The zero-order chi connectivity index (χ0) is 18.1. The number of hydrogen-bond donors (Lipinski definition) is 1. The lowest BCUT2D eigenvalue weighted by Gasteiger charge is -2.36. The molecular formula is C17H20FN3O4. The number of fused-ring (bicyclic) bond motifs is 1. The molecule has 134 valence electrons. The summed E-state index contributed by atoms with van der Waals surface area (Å²) >= 11 is 0. The second-order valence-corrected chi connectivity index (χ2v) is 6.37. The highest BCUT2D eigenvalue weighted by Gasteiger charge is 2.41. The summed E-state index contributed by atoms with van der Waals surface area (Å²) in [6, 6.07) is 3.76. The third-order valence-corrected chi connectivity index (χ3v) is 4.59. The summed E-state index contributed by atoms with van der Waals surface area (Å²) in [5, 5.41) is 2.81. The second kappa shape index (κ2) is 6.70. The van der Waals surface area contributed by atoms with Gasteiger partial charge in [0.25, 0.3) is 5.91 Å². The van der Waals surface area contributed by atoms with E-state index in [1.54, 1.807) is 4.90 Å². The van der Waals surface area contributed by atoms with Gasteiger partial charge in [0.2, 0.25) is 11.8 Å². The summed E-state index contributed by atoms with van der Waals surface area (Å²) in [5.41, 5.74) is 0.177. The Labute approximate surface area is 144 Å². The molecule has 25 heavy (non-hydrogen) atoms. The number of ether oxygens (including phenoxy) is 1. The molecule has 2 aliphatic heterocycles. The SMILES string of the molecule is COc1ccc(C(=O)N2CC(=O)N3C[C@@H](NC(C)=O)C[C@H]3C2)cc1F. The smallest absolute Gasteiger partial charge is 0.254 e. The summed E-state index contributed by atoms with van der Waals surface area (Å²) in [6.07, 6.45) is 0.603. The lowest BCUT2D eigenvalue weighted by atomic mass is 10.1. The van der Waals surface area contributed by atoms with Gasteiger partial charge in [-0.1, -0.05) is 0 Å². The van der Waals surface area contributed by atoms with E-state index in [-0.39, 0.29) is 41.8 Å². The average molecular weight is 349 g/mol. The van der Waals surface area contributed by atoms with Gasteiger partial charge in [0, 0.05) is 31.6 Å². The number of carbonyl (C=O) groups excluding carboxylic acids is 3. The van der Waals surface area contributed by atoms with Crippen LogP contribution in [-0.4, -0.2) is 66.3 Å². The topological polar surface area (TPSA) is 79.0 Å². The van der Waals surface area contributed by atoms with Crippen LogP contribution in [0.3, 0.4) is 0 Å². The van der Waals surface area contributed by atoms with Gasteiger partial charge in [-0.15, -0.1) is 0 Å². The number of nitrogens with one attached hydrogen (secondary N) is 1. The number of carbonyl (C=O) groups is 3. The van der Waals surface area contributed by atoms with Crippen molar-refractivity contribution < 1.29 is 23.5 Å². The van der Waals surface area contributed by atoms with Crippen molar-refractivity contribution in [2.75, 3.05) is 26.7 Å². The molecule has 0 spiro atoms. The van der Waals surface area contributed by atoms with Crippen LogP contribution in [0.2, 0.25) is 0 Å². The van der Waals surface area contributed by atoms with Crippen LogP contribution >= 0.6 is 0 Å². The monoisotopic (exact) mass is 349 g/mol. The number of methoxy groups -OCH3 is 1. The lowest BCUT2D eigenvalue weighted by molar-refractivity contribution is -0.136. The van der Waals surface area contributed by atoms with Crippen molar-refractivity contribution in [1.82, 2.24) is 15.1 Å². The zero-order valence-corrected chi connectivity index (χ0v) is 14.1. The maximum Gasteiger partial charge on any atom is 0.254 e. The first kappa shape index (κ1) is 17.2. The largest absolute Gasteiger partial charge is 0.494 e. The Morgan fingerprint density at radius 1 is 1.32 bits per heavy atom. The molecule has 3 rings (SSSR count). The van der Waals surface area contributed by atoms with Gasteiger partial charge < -0.3 is 19.9 Å². The highest BCUT2D eigenvalue weighted by Crippen LogP contribution is 2.25. The van der Waals surface area contributed by atoms with E-state index in [1.807, 2.05) is 0 Å². The van der Waals surface area contributed by atoms with Crippen molar-refractivity contribution in [3.8, 4) is 5.75 Å². The standard InChI is InChI=1S/C17H20FN3O4/c1-10(22)19-12-6-13-8-20(9-16(23)21(13)7-12)17(24)11-3-4-15(25-2)14(18)5-11/h3-5,12-13H,6-9H2,1-2H3,(H,19,22)/t12-,13-/m0/s1. The number of amides is 3. The van der Waals surface area contributed by atoms with Gasteiger partial charge in [0.1, 0.15) is 6.54 Å².